The van der Waals surface area contributed by atoms with Gasteiger partial charge in [0.2, 0.25) is 5.91 Å². The van der Waals surface area contributed by atoms with Gasteiger partial charge in [0.15, 0.2) is 0 Å². The minimum absolute atomic E-state index is 0.0122. The Morgan fingerprint density at radius 3 is 2.71 bits per heavy atom. The number of hydrogen-bond donors (Lipinski definition) is 2. The van der Waals surface area contributed by atoms with Crippen LogP contribution in [0.15, 0.2) is 0 Å². The number of methoxy groups -OCH3 is 1. The number of carbonyl (C=O) groups excluding carboxylic acids is 1. The summed E-state index contributed by atoms with van der Waals surface area (Å²) in [5, 5.41) is 7.02. The van der Waals surface area contributed by atoms with E-state index in [9.17, 15) is 4.79 Å². The molecule has 0 saturated carbocycles. The van der Waals surface area contributed by atoms with Gasteiger partial charge in [-0.3, -0.25) is 9.48 Å². The summed E-state index contributed by atoms with van der Waals surface area (Å²) in [7, 11) is 1.60. The van der Waals surface area contributed by atoms with Crippen molar-refractivity contribution in [3.05, 3.63) is 11.4 Å². The van der Waals surface area contributed by atoms with Crippen LogP contribution < -0.4 is 11.1 Å². The van der Waals surface area contributed by atoms with Gasteiger partial charge >= 0.3 is 0 Å². The van der Waals surface area contributed by atoms with Crippen molar-refractivity contribution >= 4 is 11.6 Å². The second-order valence-corrected chi connectivity index (χ2v) is 4.17. The Labute approximate surface area is 101 Å². The van der Waals surface area contributed by atoms with E-state index in [1.165, 1.54) is 0 Å². The molecule has 0 aromatic carbocycles. The Morgan fingerprint density at radius 2 is 2.24 bits per heavy atom. The smallest absolute Gasteiger partial charge is 0.242 e. The summed E-state index contributed by atoms with van der Waals surface area (Å²) in [6, 6.07) is -0.0122. The van der Waals surface area contributed by atoms with E-state index in [0.29, 0.717) is 12.3 Å². The lowest BCUT2D eigenvalue weighted by Gasteiger charge is -2.13. The lowest BCUT2D eigenvalue weighted by atomic mass is 10.3. The highest BCUT2D eigenvalue weighted by Gasteiger charge is 2.12. The van der Waals surface area contributed by atoms with E-state index < -0.39 is 0 Å². The molecule has 0 aliphatic rings. The van der Waals surface area contributed by atoms with Gasteiger partial charge in [0.05, 0.1) is 23.7 Å². The third kappa shape index (κ3) is 3.45. The zero-order chi connectivity index (χ0) is 13.0. The molecule has 1 heterocycles. The van der Waals surface area contributed by atoms with Crippen LogP contribution in [-0.2, 0) is 16.1 Å². The van der Waals surface area contributed by atoms with Crippen molar-refractivity contribution in [1.82, 2.24) is 15.1 Å². The molecule has 6 heteroatoms. The van der Waals surface area contributed by atoms with Gasteiger partial charge in [-0.15, -0.1) is 0 Å². The average molecular weight is 240 g/mol. The van der Waals surface area contributed by atoms with Crippen molar-refractivity contribution in [2.24, 2.45) is 0 Å². The lowest BCUT2D eigenvalue weighted by Crippen LogP contribution is -2.38. The molecule has 0 radical (unpaired) electrons. The summed E-state index contributed by atoms with van der Waals surface area (Å²) in [6.07, 6.45) is 0. The Morgan fingerprint density at radius 1 is 1.59 bits per heavy atom. The quantitative estimate of drug-likeness (QED) is 0.772. The van der Waals surface area contributed by atoms with Crippen molar-refractivity contribution in [1.29, 1.82) is 0 Å². The molecule has 1 aromatic rings. The predicted molar refractivity (Wildman–Crippen MR) is 65.6 cm³/mol. The number of nitrogens with zero attached hydrogens (tertiary/aromatic N) is 2. The van der Waals surface area contributed by atoms with Crippen LogP contribution in [0.5, 0.6) is 0 Å². The van der Waals surface area contributed by atoms with E-state index in [2.05, 4.69) is 10.4 Å². The zero-order valence-corrected chi connectivity index (χ0v) is 10.8. The molecule has 0 aliphatic carbocycles. The number of ether oxygens (including phenoxy) is 1. The molecule has 1 amide bonds. The largest absolute Gasteiger partial charge is 0.396 e. The molecule has 0 spiro atoms. The Hall–Kier alpha value is -1.56. The summed E-state index contributed by atoms with van der Waals surface area (Å²) >= 11 is 0. The number of nitrogen functional groups attached to an aromatic ring is 1. The van der Waals surface area contributed by atoms with Gasteiger partial charge < -0.3 is 15.8 Å². The maximum atomic E-state index is 11.7. The second-order valence-electron chi connectivity index (χ2n) is 4.17. The number of rotatable bonds is 5. The molecule has 0 fully saturated rings. The number of anilines is 1. The fraction of sp³-hybridized carbons (Fsp3) is 0.636. The van der Waals surface area contributed by atoms with Crippen LogP contribution in [0.3, 0.4) is 0 Å². The number of hydrogen-bond acceptors (Lipinski definition) is 4. The minimum atomic E-state index is -0.0971. The fourth-order valence-corrected chi connectivity index (χ4v) is 1.61. The number of nitrogens with two attached hydrogens (primary N) is 1. The molecule has 1 atom stereocenters. The fourth-order valence-electron chi connectivity index (χ4n) is 1.61. The molecule has 1 aromatic heterocycles. The monoisotopic (exact) mass is 240 g/mol. The summed E-state index contributed by atoms with van der Waals surface area (Å²) in [4.78, 5) is 11.7. The van der Waals surface area contributed by atoms with Crippen LogP contribution in [0.2, 0.25) is 0 Å². The number of aromatic nitrogens is 2. The van der Waals surface area contributed by atoms with E-state index >= 15 is 0 Å². The second kappa shape index (κ2) is 5.67. The van der Waals surface area contributed by atoms with Gasteiger partial charge in [-0.2, -0.15) is 5.10 Å². The van der Waals surface area contributed by atoms with Gasteiger partial charge in [-0.05, 0) is 20.8 Å². The number of amides is 1. The van der Waals surface area contributed by atoms with Crippen molar-refractivity contribution in [2.45, 2.75) is 33.4 Å². The van der Waals surface area contributed by atoms with Crippen LogP contribution in [0.25, 0.3) is 0 Å². The Kier molecular flexibility index (Phi) is 4.51. The molecule has 96 valence electrons. The Balaban J connectivity index is 2.59. The van der Waals surface area contributed by atoms with Gasteiger partial charge in [0.1, 0.15) is 6.54 Å². The van der Waals surface area contributed by atoms with Crippen molar-refractivity contribution in [3.63, 3.8) is 0 Å². The van der Waals surface area contributed by atoms with Gasteiger partial charge in [-0.25, -0.2) is 0 Å². The summed E-state index contributed by atoms with van der Waals surface area (Å²) in [5.41, 5.74) is 8.00. The van der Waals surface area contributed by atoms with Crippen LogP contribution in [-0.4, -0.2) is 35.4 Å². The molecule has 0 aliphatic heterocycles. The molecule has 17 heavy (non-hydrogen) atoms. The molecule has 1 rings (SSSR count). The molecule has 1 unspecified atom stereocenters. The first-order valence-electron chi connectivity index (χ1n) is 5.53. The molecule has 0 bridgehead atoms. The zero-order valence-electron chi connectivity index (χ0n) is 10.8. The first-order valence-corrected chi connectivity index (χ1v) is 5.53. The first kappa shape index (κ1) is 13.5. The van der Waals surface area contributed by atoms with Crippen LogP contribution in [0.4, 0.5) is 5.69 Å². The molecule has 0 saturated heterocycles. The van der Waals surface area contributed by atoms with Crippen LogP contribution in [0.1, 0.15) is 18.3 Å². The van der Waals surface area contributed by atoms with Gasteiger partial charge in [0.25, 0.3) is 0 Å². The maximum Gasteiger partial charge on any atom is 0.242 e. The van der Waals surface area contributed by atoms with Crippen LogP contribution in [0, 0.1) is 13.8 Å². The highest BCUT2D eigenvalue weighted by molar-refractivity contribution is 5.76. The van der Waals surface area contributed by atoms with E-state index in [4.69, 9.17) is 10.5 Å². The normalized spacial score (nSPS) is 12.5. The number of carbonyl (C=O) groups is 1. The third-order valence-electron chi connectivity index (χ3n) is 2.55. The molecule has 6 nitrogen and oxygen atoms in total. The summed E-state index contributed by atoms with van der Waals surface area (Å²) in [5.74, 6) is -0.0971. The average Bonchev–Trinajstić information content (AvgIpc) is 2.46. The summed E-state index contributed by atoms with van der Waals surface area (Å²) in [6.45, 7) is 6.23. The predicted octanol–water partition coefficient (Wildman–Crippen LogP) is 0.233. The molecule has 3 N–H and O–H groups in total. The molecular formula is C11H20N4O2. The van der Waals surface area contributed by atoms with Crippen molar-refractivity contribution in [3.8, 4) is 0 Å². The van der Waals surface area contributed by atoms with Gasteiger partial charge in [-0.1, -0.05) is 0 Å². The van der Waals surface area contributed by atoms with E-state index in [1.54, 1.807) is 11.8 Å². The number of nitrogens with one attached hydrogen (secondary N) is 1. The topological polar surface area (TPSA) is 82.2 Å². The van der Waals surface area contributed by atoms with E-state index in [-0.39, 0.29) is 18.5 Å². The lowest BCUT2D eigenvalue weighted by molar-refractivity contribution is -0.122. The number of aryl methyl sites for hydroxylation is 1. The summed E-state index contributed by atoms with van der Waals surface area (Å²) < 4.78 is 6.56. The maximum absolute atomic E-state index is 11.7. The minimum Gasteiger partial charge on any atom is -0.396 e. The SMILES string of the molecule is COCC(C)NC(=O)Cn1nc(C)c(N)c1C. The molecular weight excluding hydrogens is 220 g/mol. The van der Waals surface area contributed by atoms with E-state index in [0.717, 1.165) is 11.4 Å². The van der Waals surface area contributed by atoms with Crippen molar-refractivity contribution in [2.75, 3.05) is 19.5 Å². The Bertz CT molecular complexity index is 400. The van der Waals surface area contributed by atoms with Gasteiger partial charge in [0, 0.05) is 13.2 Å². The van der Waals surface area contributed by atoms with Crippen LogP contribution >= 0.6 is 0 Å². The van der Waals surface area contributed by atoms with Crippen molar-refractivity contribution < 1.29 is 9.53 Å². The highest BCUT2D eigenvalue weighted by Crippen LogP contribution is 2.14. The first-order chi connectivity index (χ1) is 7.95. The standard InChI is InChI=1S/C11H20N4O2/c1-7(6-17-4)13-10(16)5-15-9(3)11(12)8(2)14-15/h7H,5-6,12H2,1-4H3,(H,13,16). The third-order valence-corrected chi connectivity index (χ3v) is 2.55. The highest BCUT2D eigenvalue weighted by atomic mass is 16.5. The van der Waals surface area contributed by atoms with E-state index in [1.807, 2.05) is 20.8 Å².